The maximum atomic E-state index is 13.6. The predicted molar refractivity (Wildman–Crippen MR) is 462 cm³/mol. The molecule has 0 saturated carbocycles. The van der Waals surface area contributed by atoms with Crippen LogP contribution >= 0.6 is 0 Å². The molecule has 0 radical (unpaired) electrons. The number of hydrogen-bond acceptors (Lipinski definition) is 12. The summed E-state index contributed by atoms with van der Waals surface area (Å²) in [6.07, 6.45) is 71.7. The van der Waals surface area contributed by atoms with E-state index in [1.165, 1.54) is 218 Å². The smallest absolute Gasteiger partial charge is 0.306 e. The summed E-state index contributed by atoms with van der Waals surface area (Å²) in [6.45, 7) is 26.8. The maximum Gasteiger partial charge on any atom is 0.306 e. The first-order valence-electron chi connectivity index (χ1n) is 47.9. The van der Waals surface area contributed by atoms with Crippen LogP contribution in [0.2, 0.25) is 0 Å². The van der Waals surface area contributed by atoms with E-state index in [4.69, 9.17) is 18.9 Å². The summed E-state index contributed by atoms with van der Waals surface area (Å²) < 4.78 is 23.7. The standard InChI is InChI=1S/C95H184N4O10/c1-10-16-22-28-34-38-50-64-85(7)83-106-91(101)70-58-48-62-78-98(76-60-46-36-44-56-72-93(103)108-88(66-52-40-30-24-18-12-3)67-53-41-31-25-19-13-4)80-74-96-90(100)82-87(9)95(105)97-75-81-99(79-63-49-59-71-92(102)107-84-86(8)65-51-39-35-29-23-17-11-2)77-61-47-37-45-57-73-94(104)109-89(68-54-42-32-26-20-14-5)69-55-43-33-27-21-15-6/h85-89H,10-84H2,1-9H3,(H,96,100)(H,97,105). The summed E-state index contributed by atoms with van der Waals surface area (Å²) >= 11 is 0. The highest BCUT2D eigenvalue weighted by Gasteiger charge is 2.20. The average molecular weight is 1540 g/mol. The molecule has 0 aliphatic carbocycles. The molecule has 3 atom stereocenters. The van der Waals surface area contributed by atoms with Gasteiger partial charge in [-0.05, 0) is 154 Å². The summed E-state index contributed by atoms with van der Waals surface area (Å²) in [6, 6.07) is 0. The van der Waals surface area contributed by atoms with Gasteiger partial charge < -0.3 is 39.4 Å². The van der Waals surface area contributed by atoms with Gasteiger partial charge in [0, 0.05) is 64.2 Å². The van der Waals surface area contributed by atoms with Crippen molar-refractivity contribution < 1.29 is 47.7 Å². The molecule has 0 bridgehead atoms. The first-order valence-corrected chi connectivity index (χ1v) is 47.9. The summed E-state index contributed by atoms with van der Waals surface area (Å²) in [5, 5.41) is 6.31. The number of amides is 2. The van der Waals surface area contributed by atoms with Crippen LogP contribution in [-0.4, -0.2) is 123 Å². The highest BCUT2D eigenvalue weighted by atomic mass is 16.6. The summed E-state index contributed by atoms with van der Waals surface area (Å²) in [4.78, 5) is 83.8. The number of nitrogens with zero attached hydrogens (tertiary/aromatic N) is 2. The number of unbranched alkanes of at least 4 members (excludes halogenated alkanes) is 44. The zero-order valence-electron chi connectivity index (χ0n) is 73.9. The fraction of sp³-hybridized carbons (Fsp3) is 0.937. The maximum absolute atomic E-state index is 13.6. The van der Waals surface area contributed by atoms with Crippen molar-refractivity contribution in [3.05, 3.63) is 0 Å². The molecule has 3 unspecified atom stereocenters. The van der Waals surface area contributed by atoms with E-state index in [-0.39, 0.29) is 54.3 Å². The van der Waals surface area contributed by atoms with E-state index in [0.29, 0.717) is 76.9 Å². The molecule has 0 aromatic rings. The third kappa shape index (κ3) is 75.8. The Morgan fingerprint density at radius 3 is 0.807 bits per heavy atom. The fourth-order valence-electron chi connectivity index (χ4n) is 15.1. The molecule has 109 heavy (non-hydrogen) atoms. The molecule has 2 amide bonds. The SMILES string of the molecule is CCCCCCCCCC(C)COC(=O)CCCCCN(CCCCCCCC(=O)OC(CCCCCCCC)CCCCCCCC)CCNC(=O)CC(C)C(=O)NCCN(CCCCCCCC(=O)OC(CCCCCCCC)CCCCCCCC)CCCCCC(=O)OCC(C)CCCCCCCCC. The van der Waals surface area contributed by atoms with Crippen molar-refractivity contribution in [1.82, 2.24) is 20.4 Å². The topological polar surface area (TPSA) is 170 Å². The van der Waals surface area contributed by atoms with Crippen LogP contribution in [0, 0.1) is 17.8 Å². The molecule has 0 aliphatic heterocycles. The predicted octanol–water partition coefficient (Wildman–Crippen LogP) is 26.1. The Balaban J connectivity index is 5.55. The molecular formula is C95H184N4O10. The van der Waals surface area contributed by atoms with E-state index >= 15 is 0 Å². The Labute approximate surface area is 675 Å². The van der Waals surface area contributed by atoms with Gasteiger partial charge in [0.2, 0.25) is 11.8 Å². The van der Waals surface area contributed by atoms with Gasteiger partial charge in [-0.1, -0.05) is 332 Å². The van der Waals surface area contributed by atoms with Crippen molar-refractivity contribution in [2.75, 3.05) is 65.6 Å². The molecule has 0 rings (SSSR count). The van der Waals surface area contributed by atoms with Crippen molar-refractivity contribution in [3.63, 3.8) is 0 Å². The first kappa shape index (κ1) is 106. The first-order chi connectivity index (χ1) is 53.2. The second kappa shape index (κ2) is 82.7. The van der Waals surface area contributed by atoms with E-state index < -0.39 is 5.92 Å². The van der Waals surface area contributed by atoms with Crippen LogP contribution in [0.25, 0.3) is 0 Å². The van der Waals surface area contributed by atoms with Gasteiger partial charge >= 0.3 is 23.9 Å². The lowest BCUT2D eigenvalue weighted by molar-refractivity contribution is -0.151. The normalized spacial score (nSPS) is 12.5. The Kier molecular flexibility index (Phi) is 80.2. The van der Waals surface area contributed by atoms with Crippen LogP contribution in [0.5, 0.6) is 0 Å². The number of rotatable bonds is 87. The average Bonchev–Trinajstić information content (AvgIpc) is 1.04. The number of esters is 4. The largest absolute Gasteiger partial charge is 0.465 e. The van der Waals surface area contributed by atoms with Crippen molar-refractivity contribution >= 4 is 35.7 Å². The highest BCUT2D eigenvalue weighted by molar-refractivity contribution is 5.85. The third-order valence-electron chi connectivity index (χ3n) is 22.6. The molecule has 0 spiro atoms. The summed E-state index contributed by atoms with van der Waals surface area (Å²) in [5.74, 6) is -0.181. The zero-order valence-corrected chi connectivity index (χ0v) is 73.9. The van der Waals surface area contributed by atoms with Gasteiger partial charge in [0.15, 0.2) is 0 Å². The van der Waals surface area contributed by atoms with Gasteiger partial charge in [0.05, 0.1) is 13.2 Å². The number of carbonyl (C=O) groups is 6. The Hall–Kier alpha value is -3.26. The second-order valence-electron chi connectivity index (χ2n) is 33.9. The van der Waals surface area contributed by atoms with Crippen molar-refractivity contribution in [2.24, 2.45) is 17.8 Å². The minimum Gasteiger partial charge on any atom is -0.465 e. The zero-order chi connectivity index (χ0) is 79.8. The Bertz CT molecular complexity index is 1980. The van der Waals surface area contributed by atoms with Gasteiger partial charge in [-0.3, -0.25) is 28.8 Å². The monoisotopic (exact) mass is 1540 g/mol. The number of ether oxygens (including phenoxy) is 4. The molecule has 14 heteroatoms. The molecule has 0 aromatic carbocycles. The number of nitrogens with one attached hydrogen (secondary N) is 2. The van der Waals surface area contributed by atoms with Crippen molar-refractivity contribution in [3.8, 4) is 0 Å². The molecule has 2 N–H and O–H groups in total. The van der Waals surface area contributed by atoms with E-state index in [2.05, 4.69) is 75.8 Å². The van der Waals surface area contributed by atoms with Crippen LogP contribution in [0.15, 0.2) is 0 Å². The Morgan fingerprint density at radius 2 is 0.505 bits per heavy atom. The minimum atomic E-state index is -0.477. The second-order valence-corrected chi connectivity index (χ2v) is 33.9. The van der Waals surface area contributed by atoms with Gasteiger partial charge in [0.25, 0.3) is 0 Å². The van der Waals surface area contributed by atoms with Crippen LogP contribution in [0.4, 0.5) is 0 Å². The molecular weight excluding hydrogens is 1360 g/mol. The Morgan fingerprint density at radius 1 is 0.266 bits per heavy atom. The molecule has 644 valence electrons. The van der Waals surface area contributed by atoms with Gasteiger partial charge in [-0.25, -0.2) is 0 Å². The van der Waals surface area contributed by atoms with Gasteiger partial charge in [-0.15, -0.1) is 0 Å². The van der Waals surface area contributed by atoms with Crippen LogP contribution in [-0.2, 0) is 47.7 Å². The van der Waals surface area contributed by atoms with Crippen molar-refractivity contribution in [1.29, 1.82) is 0 Å². The van der Waals surface area contributed by atoms with Crippen molar-refractivity contribution in [2.45, 2.75) is 492 Å². The van der Waals surface area contributed by atoms with E-state index in [1.54, 1.807) is 0 Å². The fourth-order valence-corrected chi connectivity index (χ4v) is 15.1. The minimum absolute atomic E-state index is 0.0275. The summed E-state index contributed by atoms with van der Waals surface area (Å²) in [5.41, 5.74) is 0. The molecule has 0 aliphatic rings. The van der Waals surface area contributed by atoms with Crippen LogP contribution < -0.4 is 10.6 Å². The molecule has 0 heterocycles. The van der Waals surface area contributed by atoms with Crippen LogP contribution in [0.3, 0.4) is 0 Å². The third-order valence-corrected chi connectivity index (χ3v) is 22.6. The lowest BCUT2D eigenvalue weighted by atomic mass is 10.0. The van der Waals surface area contributed by atoms with Crippen LogP contribution in [0.1, 0.15) is 480 Å². The molecule has 0 aromatic heterocycles. The highest BCUT2D eigenvalue weighted by Crippen LogP contribution is 2.23. The number of carbonyl (C=O) groups excluding carboxylic acids is 6. The van der Waals surface area contributed by atoms with E-state index in [1.807, 2.05) is 6.92 Å². The number of hydrogen-bond donors (Lipinski definition) is 2. The van der Waals surface area contributed by atoms with Gasteiger partial charge in [-0.2, -0.15) is 0 Å². The van der Waals surface area contributed by atoms with E-state index in [9.17, 15) is 28.8 Å². The summed E-state index contributed by atoms with van der Waals surface area (Å²) in [7, 11) is 0. The quantitative estimate of drug-likeness (QED) is 0.0336. The van der Waals surface area contributed by atoms with Gasteiger partial charge in [0.1, 0.15) is 12.2 Å². The molecule has 0 saturated heterocycles. The lowest BCUT2D eigenvalue weighted by Gasteiger charge is -2.23. The molecule has 14 nitrogen and oxygen atoms in total. The lowest BCUT2D eigenvalue weighted by Crippen LogP contribution is -2.40. The van der Waals surface area contributed by atoms with E-state index in [0.717, 1.165) is 193 Å². The molecule has 0 fully saturated rings.